The first-order chi connectivity index (χ1) is 13.0. The number of aromatic nitrogens is 2. The van der Waals surface area contributed by atoms with E-state index in [4.69, 9.17) is 4.74 Å². The summed E-state index contributed by atoms with van der Waals surface area (Å²) in [4.78, 5) is 14.6. The maximum Gasteiger partial charge on any atom is 0.346 e. The van der Waals surface area contributed by atoms with Crippen molar-refractivity contribution in [1.82, 2.24) is 4.98 Å². The average molecular weight is 386 g/mol. The van der Waals surface area contributed by atoms with Crippen LogP contribution < -0.4 is 9.30 Å². The van der Waals surface area contributed by atoms with Crippen LogP contribution >= 0.6 is 11.8 Å². The summed E-state index contributed by atoms with van der Waals surface area (Å²) in [5, 5.41) is 10.1. The molecule has 0 aliphatic rings. The number of nitrogens with zero attached hydrogens (tertiary/aromatic N) is 1. The third kappa shape index (κ3) is 4.63. The Kier molecular flexibility index (Phi) is 6.06. The van der Waals surface area contributed by atoms with Gasteiger partial charge in [0, 0.05) is 5.75 Å². The SMILES string of the molecule is Cc1ccc(C(C)C)c(OCCSc2[nH]c3ccccc3[n+]2CC(=O)O)c1. The van der Waals surface area contributed by atoms with Gasteiger partial charge in [-0.1, -0.05) is 38.1 Å². The fraction of sp³-hybridized carbons (Fsp3) is 0.333. The first kappa shape index (κ1) is 19.3. The Morgan fingerprint density at radius 3 is 2.78 bits per heavy atom. The average Bonchev–Trinajstić information content (AvgIpc) is 2.95. The molecule has 2 N–H and O–H groups in total. The molecule has 0 aliphatic carbocycles. The molecule has 0 spiro atoms. The first-order valence-corrected chi connectivity index (χ1v) is 10.0. The molecule has 0 radical (unpaired) electrons. The lowest BCUT2D eigenvalue weighted by Gasteiger charge is -2.14. The number of nitrogens with one attached hydrogen (secondary N) is 1. The molecule has 5 nitrogen and oxygen atoms in total. The number of aromatic amines is 1. The lowest BCUT2D eigenvalue weighted by Crippen LogP contribution is -2.39. The Labute approximate surface area is 163 Å². The highest BCUT2D eigenvalue weighted by atomic mass is 32.2. The van der Waals surface area contributed by atoms with E-state index in [0.717, 1.165) is 27.7 Å². The van der Waals surface area contributed by atoms with E-state index in [1.165, 1.54) is 11.1 Å². The summed E-state index contributed by atoms with van der Waals surface area (Å²) in [6.07, 6.45) is 0. The van der Waals surface area contributed by atoms with Crippen molar-refractivity contribution in [2.24, 2.45) is 0 Å². The van der Waals surface area contributed by atoms with Gasteiger partial charge < -0.3 is 9.84 Å². The summed E-state index contributed by atoms with van der Waals surface area (Å²) in [5.41, 5.74) is 4.21. The van der Waals surface area contributed by atoms with E-state index in [-0.39, 0.29) is 6.54 Å². The van der Waals surface area contributed by atoms with Crippen LogP contribution in [0.3, 0.4) is 0 Å². The van der Waals surface area contributed by atoms with Crippen LogP contribution in [-0.2, 0) is 11.3 Å². The molecule has 27 heavy (non-hydrogen) atoms. The molecule has 0 saturated carbocycles. The molecule has 0 amide bonds. The maximum absolute atomic E-state index is 11.2. The number of rotatable bonds is 8. The van der Waals surface area contributed by atoms with Gasteiger partial charge in [0.05, 0.1) is 6.61 Å². The summed E-state index contributed by atoms with van der Waals surface area (Å²) in [6.45, 7) is 6.86. The van der Waals surface area contributed by atoms with Crippen molar-refractivity contribution in [3.8, 4) is 5.75 Å². The second-order valence-electron chi connectivity index (χ2n) is 6.82. The van der Waals surface area contributed by atoms with Gasteiger partial charge in [-0.25, -0.2) is 14.3 Å². The molecule has 3 aromatic rings. The van der Waals surface area contributed by atoms with E-state index in [2.05, 4.69) is 44.0 Å². The van der Waals surface area contributed by atoms with Crippen molar-refractivity contribution in [1.29, 1.82) is 0 Å². The molecule has 0 saturated heterocycles. The number of imidazole rings is 1. The third-order valence-electron chi connectivity index (χ3n) is 4.35. The van der Waals surface area contributed by atoms with E-state index in [1.54, 1.807) is 16.3 Å². The number of thioether (sulfide) groups is 1. The monoisotopic (exact) mass is 385 g/mol. The van der Waals surface area contributed by atoms with Gasteiger partial charge in [-0.05, 0) is 53.9 Å². The van der Waals surface area contributed by atoms with Gasteiger partial charge in [0.15, 0.2) is 17.6 Å². The Hall–Kier alpha value is -2.47. The number of ether oxygens (including phenoxy) is 1. The standard InChI is InChI=1S/C21H24N2O3S/c1-14(2)16-9-8-15(3)12-19(16)26-10-11-27-21-22-17-6-4-5-7-18(17)23(21)13-20(24)25/h4-9,12,14H,10-11,13H2,1-3H3,(H,24,25)/p+1. The van der Waals surface area contributed by atoms with Gasteiger partial charge in [0.1, 0.15) is 5.75 Å². The number of para-hydroxylation sites is 2. The fourth-order valence-corrected chi connectivity index (χ4v) is 3.91. The van der Waals surface area contributed by atoms with Crippen molar-refractivity contribution < 1.29 is 19.2 Å². The number of H-pyrrole nitrogens is 1. The smallest absolute Gasteiger partial charge is 0.346 e. The summed E-state index contributed by atoms with van der Waals surface area (Å²) in [5.74, 6) is 1.20. The minimum Gasteiger partial charge on any atom is -0.492 e. The highest BCUT2D eigenvalue weighted by Crippen LogP contribution is 2.28. The number of fused-ring (bicyclic) bond motifs is 1. The number of carboxylic acid groups (broad SMARTS) is 1. The van der Waals surface area contributed by atoms with Crippen molar-refractivity contribution in [3.63, 3.8) is 0 Å². The third-order valence-corrected chi connectivity index (χ3v) is 5.31. The van der Waals surface area contributed by atoms with Gasteiger partial charge in [-0.15, -0.1) is 0 Å². The Balaban J connectivity index is 1.69. The second kappa shape index (κ2) is 8.48. The minimum atomic E-state index is -0.857. The van der Waals surface area contributed by atoms with Gasteiger partial charge in [-0.3, -0.25) is 0 Å². The Morgan fingerprint density at radius 1 is 1.26 bits per heavy atom. The molecule has 0 atom stereocenters. The van der Waals surface area contributed by atoms with Crippen LogP contribution in [-0.4, -0.2) is 28.4 Å². The molecule has 3 rings (SSSR count). The predicted octanol–water partition coefficient (Wildman–Crippen LogP) is 4.14. The summed E-state index contributed by atoms with van der Waals surface area (Å²) in [6, 6.07) is 14.0. The quantitative estimate of drug-likeness (QED) is 0.347. The molecule has 142 valence electrons. The highest BCUT2D eigenvalue weighted by molar-refractivity contribution is 7.99. The number of aryl methyl sites for hydroxylation is 1. The number of benzene rings is 2. The van der Waals surface area contributed by atoms with Crippen molar-refractivity contribution >= 4 is 28.8 Å². The van der Waals surface area contributed by atoms with Crippen LogP contribution in [0.5, 0.6) is 5.75 Å². The molecule has 0 unspecified atom stereocenters. The Bertz CT molecular complexity index is 950. The molecule has 6 heteroatoms. The van der Waals surface area contributed by atoms with Crippen LogP contribution in [0, 0.1) is 6.92 Å². The van der Waals surface area contributed by atoms with Gasteiger partial charge >= 0.3 is 11.1 Å². The number of hydrogen-bond acceptors (Lipinski definition) is 3. The van der Waals surface area contributed by atoms with Crippen LogP contribution in [0.2, 0.25) is 0 Å². The van der Waals surface area contributed by atoms with E-state index in [1.807, 2.05) is 24.3 Å². The van der Waals surface area contributed by atoms with Gasteiger partial charge in [0.2, 0.25) is 0 Å². The summed E-state index contributed by atoms with van der Waals surface area (Å²) < 4.78 is 7.84. The van der Waals surface area contributed by atoms with E-state index < -0.39 is 5.97 Å². The molecule has 2 aromatic carbocycles. The van der Waals surface area contributed by atoms with Crippen LogP contribution in [0.1, 0.15) is 30.9 Å². The number of hydrogen-bond donors (Lipinski definition) is 2. The van der Waals surface area contributed by atoms with Crippen LogP contribution in [0.15, 0.2) is 47.6 Å². The van der Waals surface area contributed by atoms with Crippen molar-refractivity contribution in [3.05, 3.63) is 53.6 Å². The molecule has 0 fully saturated rings. The minimum absolute atomic E-state index is 0.0669. The van der Waals surface area contributed by atoms with Crippen LogP contribution in [0.4, 0.5) is 0 Å². The Morgan fingerprint density at radius 2 is 2.04 bits per heavy atom. The topological polar surface area (TPSA) is 66.2 Å². The van der Waals surface area contributed by atoms with E-state index in [9.17, 15) is 9.90 Å². The van der Waals surface area contributed by atoms with Crippen molar-refractivity contribution in [2.75, 3.05) is 12.4 Å². The molecule has 1 aromatic heterocycles. The fourth-order valence-electron chi connectivity index (χ4n) is 3.05. The zero-order valence-electron chi connectivity index (χ0n) is 15.9. The summed E-state index contributed by atoms with van der Waals surface area (Å²) >= 11 is 1.57. The normalized spacial score (nSPS) is 11.3. The predicted molar refractivity (Wildman–Crippen MR) is 108 cm³/mol. The summed E-state index contributed by atoms with van der Waals surface area (Å²) in [7, 11) is 0. The van der Waals surface area contributed by atoms with Crippen molar-refractivity contribution in [2.45, 2.75) is 38.4 Å². The molecule has 1 heterocycles. The molecular formula is C21H25N2O3S+. The van der Waals surface area contributed by atoms with E-state index in [0.29, 0.717) is 12.5 Å². The van der Waals surface area contributed by atoms with Crippen LogP contribution in [0.25, 0.3) is 11.0 Å². The molecular weight excluding hydrogens is 360 g/mol. The molecule has 0 aliphatic heterocycles. The maximum atomic E-state index is 11.2. The highest BCUT2D eigenvalue weighted by Gasteiger charge is 2.21. The zero-order valence-corrected chi connectivity index (χ0v) is 16.7. The lowest BCUT2D eigenvalue weighted by atomic mass is 10.0. The van der Waals surface area contributed by atoms with E-state index >= 15 is 0 Å². The van der Waals surface area contributed by atoms with Gasteiger partial charge in [-0.2, -0.15) is 0 Å². The van der Waals surface area contributed by atoms with Gasteiger partial charge in [0.25, 0.3) is 0 Å². The zero-order chi connectivity index (χ0) is 19.4. The lowest BCUT2D eigenvalue weighted by molar-refractivity contribution is -0.697. The number of carbonyl (C=O) groups is 1. The largest absolute Gasteiger partial charge is 0.492 e. The molecule has 0 bridgehead atoms. The number of aliphatic carboxylic acids is 1. The second-order valence-corrected chi connectivity index (χ2v) is 7.90. The number of carboxylic acids is 1. The first-order valence-electron chi connectivity index (χ1n) is 9.04.